The Morgan fingerprint density at radius 1 is 1.57 bits per heavy atom. The van der Waals surface area contributed by atoms with E-state index in [1.165, 1.54) is 0 Å². The maximum atomic E-state index is 11.5. The Morgan fingerprint density at radius 2 is 2.21 bits per heavy atom. The molecular weight excluding hydrogens is 312 g/mol. The first-order chi connectivity index (χ1) is 6.49. The molecule has 0 saturated carbocycles. The van der Waals surface area contributed by atoms with Crippen LogP contribution in [0.5, 0.6) is 0 Å². The summed E-state index contributed by atoms with van der Waals surface area (Å²) in [5, 5.41) is 0. The Hall–Kier alpha value is -0.160. The molecule has 14 heavy (non-hydrogen) atoms. The van der Waals surface area contributed by atoms with E-state index < -0.39 is 0 Å². The lowest BCUT2D eigenvalue weighted by atomic mass is 10.1. The molecule has 1 heterocycles. The van der Waals surface area contributed by atoms with Crippen LogP contribution in [0, 0.1) is 5.92 Å². The summed E-state index contributed by atoms with van der Waals surface area (Å²) in [7, 11) is 0. The molecule has 0 N–H and O–H groups in total. The van der Waals surface area contributed by atoms with Crippen LogP contribution in [0.1, 0.15) is 20.3 Å². The summed E-state index contributed by atoms with van der Waals surface area (Å²) in [4.78, 5) is 15.6. The number of Topliss-reactive ketones (excluding diaryl/α,β-unsaturated/α-hetero) is 1. The number of rotatable bonds is 4. The first-order valence-corrected chi connectivity index (χ1v) is 5.97. The molecule has 0 atom stereocenters. The van der Waals surface area contributed by atoms with Crippen molar-refractivity contribution >= 4 is 37.6 Å². The van der Waals surface area contributed by atoms with Crippen molar-refractivity contribution in [3.8, 4) is 0 Å². The fourth-order valence-electron chi connectivity index (χ4n) is 1.18. The highest BCUT2D eigenvalue weighted by atomic mass is 79.9. The molecule has 0 bridgehead atoms. The van der Waals surface area contributed by atoms with Gasteiger partial charge in [-0.25, -0.2) is 4.98 Å². The molecule has 0 aliphatic rings. The predicted molar refractivity (Wildman–Crippen MR) is 62.1 cm³/mol. The van der Waals surface area contributed by atoms with E-state index in [0.29, 0.717) is 23.6 Å². The van der Waals surface area contributed by atoms with Crippen molar-refractivity contribution in [2.75, 3.05) is 0 Å². The highest BCUT2D eigenvalue weighted by Gasteiger charge is 2.09. The van der Waals surface area contributed by atoms with Gasteiger partial charge in [0.25, 0.3) is 0 Å². The van der Waals surface area contributed by atoms with E-state index >= 15 is 0 Å². The SMILES string of the molecule is CC(C)CC(=O)Cn1cc(Br)nc1Br. The van der Waals surface area contributed by atoms with Gasteiger partial charge in [0, 0.05) is 12.6 Å². The van der Waals surface area contributed by atoms with Crippen LogP contribution in [0.2, 0.25) is 0 Å². The Labute approximate surface area is 100 Å². The molecule has 0 aromatic carbocycles. The second-order valence-electron chi connectivity index (χ2n) is 3.60. The lowest BCUT2D eigenvalue weighted by Gasteiger charge is -2.05. The number of imidazole rings is 1. The van der Waals surface area contributed by atoms with Crippen LogP contribution < -0.4 is 0 Å². The number of hydrogen-bond donors (Lipinski definition) is 0. The molecule has 1 rings (SSSR count). The van der Waals surface area contributed by atoms with Gasteiger partial charge in [0.2, 0.25) is 0 Å². The zero-order valence-electron chi connectivity index (χ0n) is 8.13. The number of carbonyl (C=O) groups is 1. The molecule has 0 spiro atoms. The molecular formula is C9H12Br2N2O. The lowest BCUT2D eigenvalue weighted by molar-refractivity contribution is -0.120. The van der Waals surface area contributed by atoms with Crippen LogP contribution in [-0.4, -0.2) is 15.3 Å². The number of hydrogen-bond acceptors (Lipinski definition) is 2. The first-order valence-electron chi connectivity index (χ1n) is 4.39. The molecule has 0 amide bonds. The Bertz CT molecular complexity index is 334. The fourth-order valence-corrected chi connectivity index (χ4v) is 2.26. The summed E-state index contributed by atoms with van der Waals surface area (Å²) in [6, 6.07) is 0. The van der Waals surface area contributed by atoms with Crippen LogP contribution in [0.25, 0.3) is 0 Å². The largest absolute Gasteiger partial charge is 0.317 e. The summed E-state index contributed by atoms with van der Waals surface area (Å²) < 4.78 is 3.21. The molecule has 78 valence electrons. The number of aromatic nitrogens is 2. The van der Waals surface area contributed by atoms with Gasteiger partial charge in [-0.1, -0.05) is 13.8 Å². The monoisotopic (exact) mass is 322 g/mol. The Balaban J connectivity index is 2.60. The Kier molecular flexibility index (Phi) is 4.31. The van der Waals surface area contributed by atoms with Gasteiger partial charge >= 0.3 is 0 Å². The second-order valence-corrected chi connectivity index (χ2v) is 5.12. The van der Waals surface area contributed by atoms with Crippen LogP contribution in [0.4, 0.5) is 0 Å². The maximum Gasteiger partial charge on any atom is 0.178 e. The average molecular weight is 324 g/mol. The molecule has 0 aliphatic heterocycles. The van der Waals surface area contributed by atoms with Gasteiger partial charge in [-0.15, -0.1) is 0 Å². The molecule has 1 aromatic heterocycles. The van der Waals surface area contributed by atoms with Crippen LogP contribution in [-0.2, 0) is 11.3 Å². The van der Waals surface area contributed by atoms with Crippen molar-refractivity contribution in [3.05, 3.63) is 15.5 Å². The van der Waals surface area contributed by atoms with E-state index in [1.807, 2.05) is 13.8 Å². The van der Waals surface area contributed by atoms with Crippen LogP contribution in [0.15, 0.2) is 15.5 Å². The number of halogens is 2. The third-order valence-electron chi connectivity index (χ3n) is 1.68. The van der Waals surface area contributed by atoms with E-state index in [2.05, 4.69) is 36.8 Å². The predicted octanol–water partition coefficient (Wildman–Crippen LogP) is 3.02. The van der Waals surface area contributed by atoms with E-state index in [4.69, 9.17) is 0 Å². The van der Waals surface area contributed by atoms with Crippen molar-refractivity contribution in [2.24, 2.45) is 5.92 Å². The van der Waals surface area contributed by atoms with Crippen molar-refractivity contribution in [3.63, 3.8) is 0 Å². The summed E-state index contributed by atoms with van der Waals surface area (Å²) in [5.41, 5.74) is 0. The smallest absolute Gasteiger partial charge is 0.178 e. The molecule has 3 nitrogen and oxygen atoms in total. The van der Waals surface area contributed by atoms with Gasteiger partial charge < -0.3 is 4.57 Å². The van der Waals surface area contributed by atoms with Gasteiger partial charge in [-0.05, 0) is 37.8 Å². The van der Waals surface area contributed by atoms with E-state index in [-0.39, 0.29) is 5.78 Å². The van der Waals surface area contributed by atoms with Crippen molar-refractivity contribution < 1.29 is 4.79 Å². The molecule has 0 unspecified atom stereocenters. The molecule has 0 saturated heterocycles. The standard InChI is InChI=1S/C9H12Br2N2O/c1-6(2)3-7(14)4-13-5-8(10)12-9(13)11/h5-6H,3-4H2,1-2H3. The van der Waals surface area contributed by atoms with Gasteiger partial charge in [-0.2, -0.15) is 0 Å². The topological polar surface area (TPSA) is 34.9 Å². The molecule has 1 aromatic rings. The highest BCUT2D eigenvalue weighted by molar-refractivity contribution is 9.11. The van der Waals surface area contributed by atoms with E-state index in [0.717, 1.165) is 4.60 Å². The number of carbonyl (C=O) groups excluding carboxylic acids is 1. The average Bonchev–Trinajstić information content (AvgIpc) is 2.28. The first kappa shape index (κ1) is 11.9. The van der Waals surface area contributed by atoms with E-state index in [1.54, 1.807) is 10.8 Å². The summed E-state index contributed by atoms with van der Waals surface area (Å²) in [6.45, 7) is 4.46. The molecule has 5 heteroatoms. The minimum absolute atomic E-state index is 0.227. The minimum atomic E-state index is 0.227. The minimum Gasteiger partial charge on any atom is -0.317 e. The maximum absolute atomic E-state index is 11.5. The summed E-state index contributed by atoms with van der Waals surface area (Å²) in [6.07, 6.45) is 2.41. The lowest BCUT2D eigenvalue weighted by Crippen LogP contribution is -2.11. The number of ketones is 1. The molecule has 0 radical (unpaired) electrons. The quantitative estimate of drug-likeness (QED) is 0.853. The Morgan fingerprint density at radius 3 is 2.64 bits per heavy atom. The van der Waals surface area contributed by atoms with Gasteiger partial charge in [-0.3, -0.25) is 4.79 Å². The van der Waals surface area contributed by atoms with Crippen molar-refractivity contribution in [2.45, 2.75) is 26.8 Å². The van der Waals surface area contributed by atoms with Crippen molar-refractivity contribution in [1.29, 1.82) is 0 Å². The van der Waals surface area contributed by atoms with Crippen LogP contribution >= 0.6 is 31.9 Å². The molecule has 0 aliphatic carbocycles. The van der Waals surface area contributed by atoms with Crippen LogP contribution in [0.3, 0.4) is 0 Å². The van der Waals surface area contributed by atoms with Crippen molar-refractivity contribution in [1.82, 2.24) is 9.55 Å². The van der Waals surface area contributed by atoms with E-state index in [9.17, 15) is 4.79 Å². The zero-order valence-corrected chi connectivity index (χ0v) is 11.3. The highest BCUT2D eigenvalue weighted by Crippen LogP contribution is 2.15. The number of nitrogens with zero attached hydrogens (tertiary/aromatic N) is 2. The normalized spacial score (nSPS) is 10.9. The third-order valence-corrected chi connectivity index (χ3v) is 2.70. The van der Waals surface area contributed by atoms with Gasteiger partial charge in [0.15, 0.2) is 10.5 Å². The van der Waals surface area contributed by atoms with Gasteiger partial charge in [0.1, 0.15) is 4.60 Å². The van der Waals surface area contributed by atoms with Gasteiger partial charge in [0.05, 0.1) is 6.54 Å². The zero-order chi connectivity index (χ0) is 10.7. The third kappa shape index (κ3) is 3.53. The summed E-state index contributed by atoms with van der Waals surface area (Å²) >= 11 is 6.53. The second kappa shape index (κ2) is 5.07. The fraction of sp³-hybridized carbons (Fsp3) is 0.556. The summed E-state index contributed by atoms with van der Waals surface area (Å²) in [5.74, 6) is 0.638. The molecule has 0 fully saturated rings.